The summed E-state index contributed by atoms with van der Waals surface area (Å²) in [6.45, 7) is -0.225. The Kier molecular flexibility index (Phi) is 4.43. The van der Waals surface area contributed by atoms with Crippen LogP contribution in [-0.4, -0.2) is 25.7 Å². The first-order chi connectivity index (χ1) is 13.1. The standard InChI is InChI=1S/C19H14ClN5O2/c20-13-7-5-12(6-8-13)14-9-10-18(27)25(24-14)11-17(26)23-19-21-15-3-1-2-4-16(15)22-19/h1-10H,11H2,(H2,21,22,23,26). The molecule has 7 nitrogen and oxygen atoms in total. The van der Waals surface area contributed by atoms with Crippen LogP contribution in [0.25, 0.3) is 22.3 Å². The topological polar surface area (TPSA) is 92.7 Å². The first-order valence-electron chi connectivity index (χ1n) is 8.17. The fraction of sp³-hybridized carbons (Fsp3) is 0.0526. The number of rotatable bonds is 4. The van der Waals surface area contributed by atoms with Crippen LogP contribution in [0, 0.1) is 0 Å². The molecule has 0 aliphatic rings. The van der Waals surface area contributed by atoms with Crippen molar-refractivity contribution in [2.75, 3.05) is 5.32 Å². The lowest BCUT2D eigenvalue weighted by molar-refractivity contribution is -0.117. The van der Waals surface area contributed by atoms with Crippen LogP contribution in [0.3, 0.4) is 0 Å². The lowest BCUT2D eigenvalue weighted by Gasteiger charge is -2.07. The number of aromatic nitrogens is 4. The second kappa shape index (κ2) is 7.05. The van der Waals surface area contributed by atoms with Crippen LogP contribution in [0.15, 0.2) is 65.5 Å². The van der Waals surface area contributed by atoms with Crippen LogP contribution in [-0.2, 0) is 11.3 Å². The summed E-state index contributed by atoms with van der Waals surface area (Å²) in [6.07, 6.45) is 0. The van der Waals surface area contributed by atoms with Gasteiger partial charge in [-0.3, -0.25) is 14.9 Å². The number of H-pyrrole nitrogens is 1. The maximum Gasteiger partial charge on any atom is 0.267 e. The average molecular weight is 380 g/mol. The molecule has 0 aliphatic heterocycles. The quantitative estimate of drug-likeness (QED) is 0.570. The van der Waals surface area contributed by atoms with E-state index in [-0.39, 0.29) is 12.1 Å². The van der Waals surface area contributed by atoms with Crippen molar-refractivity contribution in [1.82, 2.24) is 19.7 Å². The molecule has 2 N–H and O–H groups in total. The highest BCUT2D eigenvalue weighted by Gasteiger charge is 2.10. The van der Waals surface area contributed by atoms with Gasteiger partial charge in [0.2, 0.25) is 11.9 Å². The molecule has 0 bridgehead atoms. The number of amides is 1. The van der Waals surface area contributed by atoms with Gasteiger partial charge in [0.05, 0.1) is 16.7 Å². The number of carbonyl (C=O) groups excluding carboxylic acids is 1. The highest BCUT2D eigenvalue weighted by atomic mass is 35.5. The van der Waals surface area contributed by atoms with E-state index in [0.29, 0.717) is 16.7 Å². The number of halogens is 1. The van der Waals surface area contributed by atoms with Crippen LogP contribution in [0.1, 0.15) is 0 Å². The van der Waals surface area contributed by atoms with Gasteiger partial charge in [0.25, 0.3) is 5.56 Å². The molecular weight excluding hydrogens is 366 g/mol. The molecule has 1 amide bonds. The number of para-hydroxylation sites is 2. The van der Waals surface area contributed by atoms with E-state index in [0.717, 1.165) is 21.3 Å². The largest absolute Gasteiger partial charge is 0.324 e. The van der Waals surface area contributed by atoms with Gasteiger partial charge in [-0.1, -0.05) is 35.9 Å². The van der Waals surface area contributed by atoms with Crippen LogP contribution < -0.4 is 10.9 Å². The molecule has 0 spiro atoms. The van der Waals surface area contributed by atoms with E-state index in [4.69, 9.17) is 11.6 Å². The predicted octanol–water partition coefficient (Wildman–Crippen LogP) is 3.08. The smallest absolute Gasteiger partial charge is 0.267 e. The number of aromatic amines is 1. The summed E-state index contributed by atoms with van der Waals surface area (Å²) in [6, 6.07) is 17.5. The van der Waals surface area contributed by atoms with E-state index in [1.54, 1.807) is 30.3 Å². The predicted molar refractivity (Wildman–Crippen MR) is 104 cm³/mol. The van der Waals surface area contributed by atoms with Gasteiger partial charge in [0.15, 0.2) is 0 Å². The van der Waals surface area contributed by atoms with Crippen molar-refractivity contribution < 1.29 is 4.79 Å². The van der Waals surface area contributed by atoms with Crippen LogP contribution in [0.4, 0.5) is 5.95 Å². The molecule has 0 atom stereocenters. The molecule has 2 heterocycles. The van der Waals surface area contributed by atoms with Gasteiger partial charge in [-0.05, 0) is 30.3 Å². The van der Waals surface area contributed by atoms with Crippen LogP contribution in [0.5, 0.6) is 0 Å². The van der Waals surface area contributed by atoms with E-state index in [2.05, 4.69) is 20.4 Å². The van der Waals surface area contributed by atoms with Crippen molar-refractivity contribution >= 4 is 34.5 Å². The Morgan fingerprint density at radius 3 is 2.63 bits per heavy atom. The number of hydrogen-bond donors (Lipinski definition) is 2. The van der Waals surface area contributed by atoms with E-state index < -0.39 is 5.91 Å². The number of anilines is 1. The summed E-state index contributed by atoms with van der Waals surface area (Å²) < 4.78 is 1.11. The van der Waals surface area contributed by atoms with E-state index in [1.165, 1.54) is 6.07 Å². The Balaban J connectivity index is 1.54. The molecule has 134 valence electrons. The number of imidazole rings is 1. The molecule has 0 saturated carbocycles. The van der Waals surface area contributed by atoms with Crippen molar-refractivity contribution in [2.45, 2.75) is 6.54 Å². The third kappa shape index (κ3) is 3.73. The van der Waals surface area contributed by atoms with Crippen molar-refractivity contribution in [3.05, 3.63) is 76.0 Å². The third-order valence-corrected chi connectivity index (χ3v) is 4.20. The van der Waals surface area contributed by atoms with E-state index in [9.17, 15) is 9.59 Å². The monoisotopic (exact) mass is 379 g/mol. The molecule has 8 heteroatoms. The highest BCUT2D eigenvalue weighted by molar-refractivity contribution is 6.30. The van der Waals surface area contributed by atoms with Crippen LogP contribution in [0.2, 0.25) is 5.02 Å². The SMILES string of the molecule is O=C(Cn1nc(-c2ccc(Cl)cc2)ccc1=O)Nc1nc2ccccc2[nH]1. The molecule has 0 fully saturated rings. The molecule has 0 aliphatic carbocycles. The summed E-state index contributed by atoms with van der Waals surface area (Å²) in [4.78, 5) is 31.7. The van der Waals surface area contributed by atoms with Crippen molar-refractivity contribution in [2.24, 2.45) is 0 Å². The Morgan fingerprint density at radius 1 is 1.07 bits per heavy atom. The lowest BCUT2D eigenvalue weighted by Crippen LogP contribution is -2.29. The summed E-state index contributed by atoms with van der Waals surface area (Å²) in [7, 11) is 0. The van der Waals surface area contributed by atoms with Gasteiger partial charge in [-0.15, -0.1) is 0 Å². The first kappa shape index (κ1) is 17.0. The molecule has 0 saturated heterocycles. The van der Waals surface area contributed by atoms with Crippen LogP contribution >= 0.6 is 11.6 Å². The zero-order valence-corrected chi connectivity index (χ0v) is 14.8. The van der Waals surface area contributed by atoms with Crippen molar-refractivity contribution in [1.29, 1.82) is 0 Å². The molecule has 4 aromatic rings. The lowest BCUT2D eigenvalue weighted by atomic mass is 10.1. The van der Waals surface area contributed by atoms with E-state index in [1.807, 2.05) is 24.3 Å². The number of nitrogens with zero attached hydrogens (tertiary/aromatic N) is 3. The third-order valence-electron chi connectivity index (χ3n) is 3.95. The first-order valence-corrected chi connectivity index (χ1v) is 8.55. The molecule has 2 aromatic heterocycles. The van der Waals surface area contributed by atoms with Gasteiger partial charge < -0.3 is 4.98 Å². The van der Waals surface area contributed by atoms with Gasteiger partial charge in [0.1, 0.15) is 6.54 Å². The van der Waals surface area contributed by atoms with Gasteiger partial charge in [-0.2, -0.15) is 5.10 Å². The number of carbonyl (C=O) groups is 1. The average Bonchev–Trinajstić information content (AvgIpc) is 3.06. The van der Waals surface area contributed by atoms with Gasteiger partial charge >= 0.3 is 0 Å². The minimum Gasteiger partial charge on any atom is -0.324 e. The Bertz CT molecular complexity index is 1150. The number of nitrogens with one attached hydrogen (secondary N) is 2. The highest BCUT2D eigenvalue weighted by Crippen LogP contribution is 2.18. The second-order valence-electron chi connectivity index (χ2n) is 5.87. The Hall–Kier alpha value is -3.45. The fourth-order valence-electron chi connectivity index (χ4n) is 2.66. The van der Waals surface area contributed by atoms with Crippen molar-refractivity contribution in [3.8, 4) is 11.3 Å². The second-order valence-corrected chi connectivity index (χ2v) is 6.31. The van der Waals surface area contributed by atoms with Gasteiger partial charge in [-0.25, -0.2) is 9.67 Å². The maximum atomic E-state index is 12.3. The summed E-state index contributed by atoms with van der Waals surface area (Å²) in [5.41, 5.74) is 2.56. The minimum absolute atomic E-state index is 0.225. The number of benzene rings is 2. The molecule has 4 rings (SSSR count). The molecule has 0 radical (unpaired) electrons. The van der Waals surface area contributed by atoms with E-state index >= 15 is 0 Å². The van der Waals surface area contributed by atoms with Crippen molar-refractivity contribution in [3.63, 3.8) is 0 Å². The zero-order valence-electron chi connectivity index (χ0n) is 14.0. The summed E-state index contributed by atoms with van der Waals surface area (Å²) in [5, 5.41) is 7.53. The number of hydrogen-bond acceptors (Lipinski definition) is 4. The fourth-order valence-corrected chi connectivity index (χ4v) is 2.78. The number of fused-ring (bicyclic) bond motifs is 1. The Morgan fingerprint density at radius 2 is 1.85 bits per heavy atom. The zero-order chi connectivity index (χ0) is 18.8. The maximum absolute atomic E-state index is 12.3. The molecular formula is C19H14ClN5O2. The molecule has 27 heavy (non-hydrogen) atoms. The van der Waals surface area contributed by atoms with Gasteiger partial charge in [0, 0.05) is 16.7 Å². The summed E-state index contributed by atoms with van der Waals surface area (Å²) in [5.74, 6) is -0.0833. The summed E-state index contributed by atoms with van der Waals surface area (Å²) >= 11 is 5.89. The normalized spacial score (nSPS) is 10.9. The molecule has 2 aromatic carbocycles. The Labute approximate surface area is 158 Å². The minimum atomic E-state index is -0.406. The molecule has 0 unspecified atom stereocenters.